The maximum atomic E-state index is 11.0. The molecule has 0 amide bonds. The minimum Gasteiger partial charge on any atom is -0.423 e. The molecule has 0 aliphatic rings. The summed E-state index contributed by atoms with van der Waals surface area (Å²) >= 11 is 0. The van der Waals surface area contributed by atoms with Gasteiger partial charge in [-0.3, -0.25) is 4.79 Å². The van der Waals surface area contributed by atoms with Crippen LogP contribution < -0.4 is 11.0 Å². The van der Waals surface area contributed by atoms with Gasteiger partial charge in [0.1, 0.15) is 0 Å². The maximum absolute atomic E-state index is 11.0. The van der Waals surface area contributed by atoms with Gasteiger partial charge in [0.05, 0.1) is 0 Å². The third-order valence-corrected chi connectivity index (χ3v) is 1.68. The van der Waals surface area contributed by atoms with Crippen LogP contribution in [0.15, 0.2) is 17.1 Å². The Labute approximate surface area is 70.0 Å². The molecule has 0 aliphatic carbocycles. The Bertz CT molecular complexity index is 321. The Morgan fingerprint density at radius 2 is 2.25 bits per heavy atom. The fraction of sp³-hybridized carbons (Fsp3) is 0.286. The highest BCUT2D eigenvalue weighted by Crippen LogP contribution is 1.88. The molecule has 0 bridgehead atoms. The minimum absolute atomic E-state index is 0.179. The number of nitrogens with one attached hydrogen (secondary N) is 1. The van der Waals surface area contributed by atoms with E-state index in [1.54, 1.807) is 0 Å². The molecule has 5 heteroatoms. The molecule has 4 nitrogen and oxygen atoms in total. The maximum Gasteiger partial charge on any atom is 0.489 e. The Hall–Kier alpha value is -1.07. The third-order valence-electron chi connectivity index (χ3n) is 1.68. The van der Waals surface area contributed by atoms with E-state index in [9.17, 15) is 4.79 Å². The Kier molecular flexibility index (Phi) is 2.67. The first kappa shape index (κ1) is 9.03. The van der Waals surface area contributed by atoms with Gasteiger partial charge in [-0.2, -0.15) is 0 Å². The van der Waals surface area contributed by atoms with Crippen LogP contribution in [0.2, 0.25) is 0 Å². The lowest BCUT2D eigenvalue weighted by atomic mass is 9.81. The Balaban J connectivity index is 3.14. The van der Waals surface area contributed by atoms with E-state index in [-0.39, 0.29) is 5.56 Å². The van der Waals surface area contributed by atoms with Crippen LogP contribution in [0.25, 0.3) is 0 Å². The van der Waals surface area contributed by atoms with E-state index >= 15 is 0 Å². The summed E-state index contributed by atoms with van der Waals surface area (Å²) in [7, 11) is -1.52. The van der Waals surface area contributed by atoms with Gasteiger partial charge in [-0.05, 0) is 11.9 Å². The van der Waals surface area contributed by atoms with E-state index in [1.807, 2.05) is 6.92 Å². The second-order valence-corrected chi connectivity index (χ2v) is 2.51. The fourth-order valence-electron chi connectivity index (χ4n) is 0.962. The average Bonchev–Trinajstić information content (AvgIpc) is 2.05. The zero-order valence-corrected chi connectivity index (χ0v) is 6.74. The smallest absolute Gasteiger partial charge is 0.423 e. The van der Waals surface area contributed by atoms with Crippen LogP contribution in [0.4, 0.5) is 0 Å². The lowest BCUT2D eigenvalue weighted by molar-refractivity contribution is 0.425. The highest BCUT2D eigenvalue weighted by atomic mass is 16.4. The summed E-state index contributed by atoms with van der Waals surface area (Å²) in [5, 5.41) is 17.5. The fourth-order valence-corrected chi connectivity index (χ4v) is 0.962. The van der Waals surface area contributed by atoms with Crippen molar-refractivity contribution in [1.29, 1.82) is 0 Å². The third kappa shape index (κ3) is 1.75. The van der Waals surface area contributed by atoms with Gasteiger partial charge < -0.3 is 15.0 Å². The lowest BCUT2D eigenvalue weighted by Crippen LogP contribution is -2.33. The average molecular weight is 167 g/mol. The van der Waals surface area contributed by atoms with E-state index in [4.69, 9.17) is 10.0 Å². The van der Waals surface area contributed by atoms with Crippen LogP contribution in [-0.2, 0) is 6.42 Å². The van der Waals surface area contributed by atoms with Crippen molar-refractivity contribution < 1.29 is 10.0 Å². The van der Waals surface area contributed by atoms with Gasteiger partial charge >= 0.3 is 7.12 Å². The number of rotatable bonds is 2. The second kappa shape index (κ2) is 3.56. The zero-order valence-electron chi connectivity index (χ0n) is 6.74. The quantitative estimate of drug-likeness (QED) is 0.475. The first-order chi connectivity index (χ1) is 5.65. The summed E-state index contributed by atoms with van der Waals surface area (Å²) in [6.07, 6.45) is 1.88. The number of pyridine rings is 1. The number of H-pyrrole nitrogens is 1. The van der Waals surface area contributed by atoms with Crippen molar-refractivity contribution in [2.75, 3.05) is 0 Å². The number of aryl methyl sites for hydroxylation is 1. The number of hydrogen-bond donors (Lipinski definition) is 3. The first-order valence-corrected chi connectivity index (χ1v) is 3.72. The highest BCUT2D eigenvalue weighted by Gasteiger charge is 2.11. The number of hydrogen-bond acceptors (Lipinski definition) is 3. The molecule has 1 rings (SSSR count). The monoisotopic (exact) mass is 167 g/mol. The lowest BCUT2D eigenvalue weighted by Gasteiger charge is -2.00. The summed E-state index contributed by atoms with van der Waals surface area (Å²) in [4.78, 5) is 13.4. The molecule has 0 radical (unpaired) electrons. The largest absolute Gasteiger partial charge is 0.489 e. The van der Waals surface area contributed by atoms with Crippen LogP contribution in [0, 0.1) is 0 Å². The summed E-state index contributed by atoms with van der Waals surface area (Å²) in [6, 6.07) is 1.49. The topological polar surface area (TPSA) is 73.3 Å². The van der Waals surface area contributed by atoms with Crippen molar-refractivity contribution >= 4 is 12.6 Å². The normalized spacial score (nSPS) is 9.92. The molecule has 3 N–H and O–H groups in total. The van der Waals surface area contributed by atoms with Crippen molar-refractivity contribution in [3.63, 3.8) is 0 Å². The molecule has 0 spiro atoms. The van der Waals surface area contributed by atoms with Gasteiger partial charge in [0, 0.05) is 11.8 Å². The number of aromatic nitrogens is 1. The predicted molar refractivity (Wildman–Crippen MR) is 46.3 cm³/mol. The molecule has 0 fully saturated rings. The van der Waals surface area contributed by atoms with E-state index in [0.29, 0.717) is 17.4 Å². The summed E-state index contributed by atoms with van der Waals surface area (Å²) in [5.41, 5.74) is 0.689. The molecule has 0 saturated heterocycles. The SMILES string of the molecule is CCc1cc(B(O)O)c[nH]c1=O. The molecule has 0 aromatic carbocycles. The van der Waals surface area contributed by atoms with E-state index in [0.717, 1.165) is 0 Å². The van der Waals surface area contributed by atoms with Crippen molar-refractivity contribution in [2.45, 2.75) is 13.3 Å². The predicted octanol–water partition coefficient (Wildman–Crippen LogP) is -1.38. The summed E-state index contributed by atoms with van der Waals surface area (Å²) in [6.45, 7) is 1.83. The highest BCUT2D eigenvalue weighted by molar-refractivity contribution is 6.58. The molecule has 0 saturated carbocycles. The molecule has 1 aromatic rings. The molecule has 0 aliphatic heterocycles. The van der Waals surface area contributed by atoms with E-state index in [1.165, 1.54) is 12.3 Å². The van der Waals surface area contributed by atoms with Gasteiger partial charge in [-0.15, -0.1) is 0 Å². The van der Waals surface area contributed by atoms with Gasteiger partial charge in [-0.1, -0.05) is 13.0 Å². The summed E-state index contributed by atoms with van der Waals surface area (Å²) < 4.78 is 0. The van der Waals surface area contributed by atoms with Crippen LogP contribution in [0.1, 0.15) is 12.5 Å². The van der Waals surface area contributed by atoms with Crippen molar-refractivity contribution in [2.24, 2.45) is 0 Å². The van der Waals surface area contributed by atoms with E-state index < -0.39 is 7.12 Å². The van der Waals surface area contributed by atoms with Crippen LogP contribution in [0.5, 0.6) is 0 Å². The molecular formula is C7H10BNO3. The Morgan fingerprint density at radius 1 is 1.58 bits per heavy atom. The molecule has 12 heavy (non-hydrogen) atoms. The van der Waals surface area contributed by atoms with Crippen LogP contribution in [-0.4, -0.2) is 22.2 Å². The standard InChI is InChI=1S/C7H10BNO3/c1-2-5-3-6(8(11)12)4-9-7(5)10/h3-4,11-12H,2H2,1H3,(H,9,10). The summed E-state index contributed by atoms with van der Waals surface area (Å²) in [5.74, 6) is 0. The molecule has 0 unspecified atom stereocenters. The molecule has 1 aromatic heterocycles. The van der Waals surface area contributed by atoms with Gasteiger partial charge in [0.25, 0.3) is 5.56 Å². The Morgan fingerprint density at radius 3 is 2.75 bits per heavy atom. The van der Waals surface area contributed by atoms with E-state index in [2.05, 4.69) is 4.98 Å². The molecule has 1 heterocycles. The van der Waals surface area contributed by atoms with Crippen molar-refractivity contribution in [3.05, 3.63) is 28.2 Å². The number of aromatic amines is 1. The molecular weight excluding hydrogens is 157 g/mol. The minimum atomic E-state index is -1.52. The molecule has 64 valence electrons. The first-order valence-electron chi connectivity index (χ1n) is 3.72. The molecule has 0 atom stereocenters. The van der Waals surface area contributed by atoms with Gasteiger partial charge in [0.2, 0.25) is 0 Å². The second-order valence-electron chi connectivity index (χ2n) is 2.51. The van der Waals surface area contributed by atoms with Gasteiger partial charge in [0.15, 0.2) is 0 Å². The van der Waals surface area contributed by atoms with Gasteiger partial charge in [-0.25, -0.2) is 0 Å². The van der Waals surface area contributed by atoms with Crippen LogP contribution >= 0.6 is 0 Å². The zero-order chi connectivity index (χ0) is 9.14. The van der Waals surface area contributed by atoms with Crippen molar-refractivity contribution in [1.82, 2.24) is 4.98 Å². The van der Waals surface area contributed by atoms with Crippen LogP contribution in [0.3, 0.4) is 0 Å². The van der Waals surface area contributed by atoms with Crippen molar-refractivity contribution in [3.8, 4) is 0 Å².